The standard InChI is InChI=1S/C12H21N3O3/c1-3-6-12(2,13)11(18)14-7-8-15-9(16)4-5-10(15)17/h3-8,13H2,1-2H3,(H,14,18). The molecule has 1 aliphatic rings. The van der Waals surface area contributed by atoms with Crippen LogP contribution >= 0.6 is 0 Å². The maximum absolute atomic E-state index is 11.8. The van der Waals surface area contributed by atoms with E-state index in [4.69, 9.17) is 5.73 Å². The van der Waals surface area contributed by atoms with E-state index in [-0.39, 0.29) is 43.7 Å². The number of nitrogens with zero attached hydrogens (tertiary/aromatic N) is 1. The van der Waals surface area contributed by atoms with Crippen molar-refractivity contribution in [1.82, 2.24) is 10.2 Å². The van der Waals surface area contributed by atoms with E-state index in [0.29, 0.717) is 6.42 Å². The topological polar surface area (TPSA) is 92.5 Å². The Morgan fingerprint density at radius 3 is 2.44 bits per heavy atom. The van der Waals surface area contributed by atoms with Gasteiger partial charge < -0.3 is 11.1 Å². The zero-order chi connectivity index (χ0) is 13.8. The van der Waals surface area contributed by atoms with Crippen molar-refractivity contribution >= 4 is 17.7 Å². The van der Waals surface area contributed by atoms with Gasteiger partial charge in [0.2, 0.25) is 17.7 Å². The summed E-state index contributed by atoms with van der Waals surface area (Å²) in [5.74, 6) is -0.583. The average molecular weight is 255 g/mol. The van der Waals surface area contributed by atoms with E-state index in [1.54, 1.807) is 6.92 Å². The van der Waals surface area contributed by atoms with Gasteiger partial charge in [0, 0.05) is 25.9 Å². The monoisotopic (exact) mass is 255 g/mol. The maximum Gasteiger partial charge on any atom is 0.239 e. The summed E-state index contributed by atoms with van der Waals surface area (Å²) in [6, 6.07) is 0. The van der Waals surface area contributed by atoms with Crippen molar-refractivity contribution < 1.29 is 14.4 Å². The fourth-order valence-corrected chi connectivity index (χ4v) is 1.99. The minimum absolute atomic E-state index is 0.168. The third-order valence-corrected chi connectivity index (χ3v) is 3.06. The zero-order valence-corrected chi connectivity index (χ0v) is 11.0. The number of nitrogens with two attached hydrogens (primary N) is 1. The second-order valence-corrected chi connectivity index (χ2v) is 4.86. The molecule has 6 nitrogen and oxygen atoms in total. The summed E-state index contributed by atoms with van der Waals surface area (Å²) in [7, 11) is 0. The average Bonchev–Trinajstić information content (AvgIpc) is 2.60. The molecule has 0 aromatic rings. The lowest BCUT2D eigenvalue weighted by Gasteiger charge is -2.23. The molecular weight excluding hydrogens is 234 g/mol. The maximum atomic E-state index is 11.8. The predicted molar refractivity (Wildman–Crippen MR) is 66.5 cm³/mol. The minimum atomic E-state index is -0.895. The molecule has 0 aromatic carbocycles. The van der Waals surface area contributed by atoms with Crippen LogP contribution in [0.3, 0.4) is 0 Å². The van der Waals surface area contributed by atoms with Gasteiger partial charge >= 0.3 is 0 Å². The largest absolute Gasteiger partial charge is 0.353 e. The molecular formula is C12H21N3O3. The second-order valence-electron chi connectivity index (χ2n) is 4.86. The molecule has 0 saturated carbocycles. The summed E-state index contributed by atoms with van der Waals surface area (Å²) in [6.07, 6.45) is 1.97. The van der Waals surface area contributed by atoms with E-state index >= 15 is 0 Å². The van der Waals surface area contributed by atoms with E-state index in [1.807, 2.05) is 6.92 Å². The molecule has 3 N–H and O–H groups in total. The van der Waals surface area contributed by atoms with Crippen molar-refractivity contribution in [2.24, 2.45) is 5.73 Å². The van der Waals surface area contributed by atoms with Gasteiger partial charge in [0.05, 0.1) is 5.54 Å². The third kappa shape index (κ3) is 3.53. The van der Waals surface area contributed by atoms with E-state index in [2.05, 4.69) is 5.32 Å². The van der Waals surface area contributed by atoms with Gasteiger partial charge in [0.25, 0.3) is 0 Å². The molecule has 3 amide bonds. The van der Waals surface area contributed by atoms with E-state index < -0.39 is 5.54 Å². The van der Waals surface area contributed by atoms with Crippen LogP contribution in [0, 0.1) is 0 Å². The first kappa shape index (κ1) is 14.6. The van der Waals surface area contributed by atoms with E-state index in [9.17, 15) is 14.4 Å². The highest BCUT2D eigenvalue weighted by atomic mass is 16.2. The molecule has 1 unspecified atom stereocenters. The molecule has 0 aliphatic carbocycles. The lowest BCUT2D eigenvalue weighted by Crippen LogP contribution is -2.52. The van der Waals surface area contributed by atoms with Gasteiger partial charge in [-0.1, -0.05) is 13.3 Å². The second kappa shape index (κ2) is 5.95. The van der Waals surface area contributed by atoms with Crippen molar-refractivity contribution in [2.45, 2.75) is 45.1 Å². The quantitative estimate of drug-likeness (QED) is 0.641. The van der Waals surface area contributed by atoms with Gasteiger partial charge in [0.1, 0.15) is 0 Å². The van der Waals surface area contributed by atoms with Crippen LogP contribution in [0.5, 0.6) is 0 Å². The van der Waals surface area contributed by atoms with Crippen LogP contribution in [0.4, 0.5) is 0 Å². The Kier molecular flexibility index (Phi) is 4.84. The lowest BCUT2D eigenvalue weighted by molar-refractivity contribution is -0.138. The first-order valence-electron chi connectivity index (χ1n) is 6.29. The molecule has 1 atom stereocenters. The first-order chi connectivity index (χ1) is 8.38. The number of hydrogen-bond acceptors (Lipinski definition) is 4. The van der Waals surface area contributed by atoms with Gasteiger partial charge in [-0.05, 0) is 13.3 Å². The summed E-state index contributed by atoms with van der Waals surface area (Å²) in [5.41, 5.74) is 4.97. The first-order valence-corrected chi connectivity index (χ1v) is 6.29. The Morgan fingerprint density at radius 1 is 1.39 bits per heavy atom. The molecule has 102 valence electrons. The number of amides is 3. The number of carbonyl (C=O) groups excluding carboxylic acids is 3. The van der Waals surface area contributed by atoms with Crippen LogP contribution in [-0.2, 0) is 14.4 Å². The van der Waals surface area contributed by atoms with Gasteiger partial charge in [-0.2, -0.15) is 0 Å². The van der Waals surface area contributed by atoms with Crippen molar-refractivity contribution in [3.05, 3.63) is 0 Å². The predicted octanol–water partition coefficient (Wildman–Crippen LogP) is -0.231. The number of hydrogen-bond donors (Lipinski definition) is 2. The smallest absolute Gasteiger partial charge is 0.239 e. The number of carbonyl (C=O) groups is 3. The van der Waals surface area contributed by atoms with Crippen LogP contribution in [0.15, 0.2) is 0 Å². The highest BCUT2D eigenvalue weighted by Crippen LogP contribution is 2.11. The normalized spacial score (nSPS) is 18.9. The molecule has 18 heavy (non-hydrogen) atoms. The fraction of sp³-hybridized carbons (Fsp3) is 0.750. The van der Waals surface area contributed by atoms with Gasteiger partial charge in [-0.25, -0.2) is 0 Å². The van der Waals surface area contributed by atoms with Gasteiger partial charge in [-0.3, -0.25) is 19.3 Å². The highest BCUT2D eigenvalue weighted by Gasteiger charge is 2.30. The third-order valence-electron chi connectivity index (χ3n) is 3.06. The van der Waals surface area contributed by atoms with E-state index in [1.165, 1.54) is 4.90 Å². The van der Waals surface area contributed by atoms with Crippen molar-refractivity contribution in [3.8, 4) is 0 Å². The molecule has 1 heterocycles. The summed E-state index contributed by atoms with van der Waals surface area (Å²) < 4.78 is 0. The number of rotatable bonds is 6. The Balaban J connectivity index is 2.35. The van der Waals surface area contributed by atoms with Gasteiger partial charge in [0.15, 0.2) is 0 Å². The summed E-state index contributed by atoms with van der Waals surface area (Å²) >= 11 is 0. The Bertz CT molecular complexity index is 336. The zero-order valence-electron chi connectivity index (χ0n) is 11.0. The molecule has 6 heteroatoms. The highest BCUT2D eigenvalue weighted by molar-refractivity contribution is 6.01. The Labute approximate surface area is 107 Å². The fourth-order valence-electron chi connectivity index (χ4n) is 1.99. The summed E-state index contributed by atoms with van der Waals surface area (Å²) in [4.78, 5) is 35.6. The number of imide groups is 1. The molecule has 0 bridgehead atoms. The SMILES string of the molecule is CCCC(C)(N)C(=O)NCCN1C(=O)CCC1=O. The minimum Gasteiger partial charge on any atom is -0.353 e. The van der Waals surface area contributed by atoms with Gasteiger partial charge in [-0.15, -0.1) is 0 Å². The molecule has 1 fully saturated rings. The molecule has 0 aromatic heterocycles. The van der Waals surface area contributed by atoms with Crippen molar-refractivity contribution in [3.63, 3.8) is 0 Å². The number of likely N-dealkylation sites (tertiary alicyclic amines) is 1. The number of nitrogens with one attached hydrogen (secondary N) is 1. The Hall–Kier alpha value is -1.43. The molecule has 1 aliphatic heterocycles. The summed E-state index contributed by atoms with van der Waals surface area (Å²) in [6.45, 7) is 4.12. The summed E-state index contributed by atoms with van der Waals surface area (Å²) in [5, 5.41) is 2.67. The van der Waals surface area contributed by atoms with Crippen molar-refractivity contribution in [2.75, 3.05) is 13.1 Å². The Morgan fingerprint density at radius 2 is 1.94 bits per heavy atom. The van der Waals surface area contributed by atoms with Crippen molar-refractivity contribution in [1.29, 1.82) is 0 Å². The van der Waals surface area contributed by atoms with E-state index in [0.717, 1.165) is 6.42 Å². The molecule has 1 rings (SSSR count). The van der Waals surface area contributed by atoms with Crippen LogP contribution in [-0.4, -0.2) is 41.2 Å². The molecule has 0 spiro atoms. The van der Waals surface area contributed by atoms with Crippen LogP contribution in [0.1, 0.15) is 39.5 Å². The van der Waals surface area contributed by atoms with Crippen LogP contribution in [0.2, 0.25) is 0 Å². The molecule has 1 saturated heterocycles. The lowest BCUT2D eigenvalue weighted by atomic mass is 9.97. The molecule has 0 radical (unpaired) electrons. The van der Waals surface area contributed by atoms with Crippen LogP contribution < -0.4 is 11.1 Å². The van der Waals surface area contributed by atoms with Crippen LogP contribution in [0.25, 0.3) is 0 Å².